The third-order valence-electron chi connectivity index (χ3n) is 4.44. The molecule has 0 bridgehead atoms. The van der Waals surface area contributed by atoms with Crippen LogP contribution in [0, 0.1) is 5.41 Å². The summed E-state index contributed by atoms with van der Waals surface area (Å²) >= 11 is 0. The third-order valence-corrected chi connectivity index (χ3v) is 4.44. The van der Waals surface area contributed by atoms with Gasteiger partial charge < -0.3 is 19.9 Å². The van der Waals surface area contributed by atoms with Crippen LogP contribution in [0.3, 0.4) is 0 Å². The van der Waals surface area contributed by atoms with Crippen LogP contribution in [0.15, 0.2) is 48.5 Å². The van der Waals surface area contributed by atoms with Crippen LogP contribution in [0.25, 0.3) is 0 Å². The molecule has 0 aromatic heterocycles. The normalized spacial score (nSPS) is 12.7. The molecule has 0 unspecified atom stereocenters. The van der Waals surface area contributed by atoms with Crippen LogP contribution in [0.2, 0.25) is 0 Å². The van der Waals surface area contributed by atoms with E-state index in [1.165, 1.54) is 0 Å². The largest absolute Gasteiger partial charge is 0.493 e. The first-order valence-electron chi connectivity index (χ1n) is 8.54. The molecule has 0 spiro atoms. The van der Waals surface area contributed by atoms with Crippen LogP contribution < -0.4 is 15.2 Å². The molecule has 1 atom stereocenters. The van der Waals surface area contributed by atoms with Gasteiger partial charge >= 0.3 is 0 Å². The minimum absolute atomic E-state index is 0.0113. The summed E-state index contributed by atoms with van der Waals surface area (Å²) in [6, 6.07) is 16.1. The highest BCUT2D eigenvalue weighted by Crippen LogP contribution is 2.31. The molecule has 2 N–H and O–H groups in total. The summed E-state index contributed by atoms with van der Waals surface area (Å²) in [4.78, 5) is 0. The molecule has 2 aromatic rings. The van der Waals surface area contributed by atoms with E-state index in [0.717, 1.165) is 29.0 Å². The van der Waals surface area contributed by atoms with Gasteiger partial charge in [-0.3, -0.25) is 0 Å². The Labute approximate surface area is 150 Å². The quantitative estimate of drug-likeness (QED) is 0.752. The highest BCUT2D eigenvalue weighted by atomic mass is 16.5. The zero-order chi connectivity index (χ0) is 18.3. The van der Waals surface area contributed by atoms with Crippen molar-refractivity contribution >= 4 is 0 Å². The lowest BCUT2D eigenvalue weighted by Gasteiger charge is -2.31. The summed E-state index contributed by atoms with van der Waals surface area (Å²) < 4.78 is 16.7. The van der Waals surface area contributed by atoms with Gasteiger partial charge in [-0.2, -0.15) is 0 Å². The summed E-state index contributed by atoms with van der Waals surface area (Å²) in [5.74, 6) is 1.46. The minimum Gasteiger partial charge on any atom is -0.493 e. The third kappa shape index (κ3) is 5.48. The Morgan fingerprint density at radius 3 is 2.32 bits per heavy atom. The molecule has 136 valence electrons. The first-order valence-corrected chi connectivity index (χ1v) is 8.54. The van der Waals surface area contributed by atoms with Crippen LogP contribution in [-0.4, -0.2) is 26.9 Å². The highest BCUT2D eigenvalue weighted by Gasteiger charge is 2.26. The van der Waals surface area contributed by atoms with Gasteiger partial charge in [0.2, 0.25) is 0 Å². The van der Waals surface area contributed by atoms with E-state index in [1.54, 1.807) is 14.2 Å². The number of benzene rings is 2. The number of methoxy groups -OCH3 is 2. The van der Waals surface area contributed by atoms with E-state index >= 15 is 0 Å². The van der Waals surface area contributed by atoms with Crippen molar-refractivity contribution in [3.63, 3.8) is 0 Å². The molecule has 0 saturated carbocycles. The Bertz CT molecular complexity index is 655. The standard InChI is InChI=1S/C21H29NO3/c1-21(2,15-23-3)20(22)13-17-10-11-18(24-4)19(12-17)25-14-16-8-6-5-7-9-16/h5-12,20H,13-15,22H2,1-4H3/t20-/m0/s1. The number of hydrogen-bond acceptors (Lipinski definition) is 4. The maximum atomic E-state index is 6.40. The van der Waals surface area contributed by atoms with Crippen LogP contribution in [0.5, 0.6) is 11.5 Å². The molecule has 25 heavy (non-hydrogen) atoms. The number of ether oxygens (including phenoxy) is 3. The Kier molecular flexibility index (Phi) is 6.85. The lowest BCUT2D eigenvalue weighted by molar-refractivity contribution is 0.0854. The van der Waals surface area contributed by atoms with Crippen LogP contribution >= 0.6 is 0 Å². The van der Waals surface area contributed by atoms with Gasteiger partial charge in [-0.05, 0) is 29.7 Å². The first-order chi connectivity index (χ1) is 12.0. The molecule has 4 nitrogen and oxygen atoms in total. The van der Waals surface area contributed by atoms with Crippen molar-refractivity contribution in [1.82, 2.24) is 0 Å². The van der Waals surface area contributed by atoms with E-state index in [4.69, 9.17) is 19.9 Å². The zero-order valence-corrected chi connectivity index (χ0v) is 15.6. The molecule has 2 aromatic carbocycles. The summed E-state index contributed by atoms with van der Waals surface area (Å²) in [7, 11) is 3.36. The van der Waals surface area contributed by atoms with E-state index in [0.29, 0.717) is 13.2 Å². The van der Waals surface area contributed by atoms with Crippen molar-refractivity contribution in [3.8, 4) is 11.5 Å². The summed E-state index contributed by atoms with van der Waals surface area (Å²) in [5.41, 5.74) is 8.55. The Balaban J connectivity index is 2.10. The lowest BCUT2D eigenvalue weighted by atomic mass is 9.82. The van der Waals surface area contributed by atoms with Gasteiger partial charge in [0, 0.05) is 18.6 Å². The molecule has 0 fully saturated rings. The van der Waals surface area contributed by atoms with E-state index < -0.39 is 0 Å². The molecule has 0 saturated heterocycles. The van der Waals surface area contributed by atoms with Gasteiger partial charge in [0.25, 0.3) is 0 Å². The van der Waals surface area contributed by atoms with Crippen molar-refractivity contribution < 1.29 is 14.2 Å². The maximum Gasteiger partial charge on any atom is 0.161 e. The van der Waals surface area contributed by atoms with Gasteiger partial charge in [0.05, 0.1) is 13.7 Å². The predicted molar refractivity (Wildman–Crippen MR) is 101 cm³/mol. The maximum absolute atomic E-state index is 6.40. The summed E-state index contributed by atoms with van der Waals surface area (Å²) in [6.45, 7) is 5.37. The molecule has 4 heteroatoms. The monoisotopic (exact) mass is 343 g/mol. The molecule has 0 radical (unpaired) electrons. The SMILES string of the molecule is COCC(C)(C)[C@@H](N)Cc1ccc(OC)c(OCc2ccccc2)c1. The van der Waals surface area contributed by atoms with Crippen LogP contribution in [-0.2, 0) is 17.8 Å². The molecular weight excluding hydrogens is 314 g/mol. The van der Waals surface area contributed by atoms with E-state index in [1.807, 2.05) is 48.5 Å². The second kappa shape index (κ2) is 8.88. The Hall–Kier alpha value is -2.04. The smallest absolute Gasteiger partial charge is 0.161 e. The fourth-order valence-corrected chi connectivity index (χ4v) is 2.71. The highest BCUT2D eigenvalue weighted by molar-refractivity contribution is 5.43. The van der Waals surface area contributed by atoms with Gasteiger partial charge in [0.1, 0.15) is 6.61 Å². The molecule has 0 aliphatic rings. The molecular formula is C21H29NO3. The summed E-state index contributed by atoms with van der Waals surface area (Å²) in [5, 5.41) is 0. The second-order valence-electron chi connectivity index (χ2n) is 6.99. The average Bonchev–Trinajstić information content (AvgIpc) is 2.61. The minimum atomic E-state index is -0.0975. The van der Waals surface area contributed by atoms with Crippen molar-refractivity contribution in [1.29, 1.82) is 0 Å². The first kappa shape index (κ1) is 19.3. The fourth-order valence-electron chi connectivity index (χ4n) is 2.71. The topological polar surface area (TPSA) is 53.7 Å². The fraction of sp³-hybridized carbons (Fsp3) is 0.429. The molecule has 0 amide bonds. The summed E-state index contributed by atoms with van der Waals surface area (Å²) in [6.07, 6.45) is 0.752. The molecule has 2 rings (SSSR count). The van der Waals surface area contributed by atoms with E-state index in [-0.39, 0.29) is 11.5 Å². The predicted octanol–water partition coefficient (Wildman–Crippen LogP) is 3.82. The zero-order valence-electron chi connectivity index (χ0n) is 15.6. The average molecular weight is 343 g/mol. The number of rotatable bonds is 9. The van der Waals surface area contributed by atoms with Crippen molar-refractivity contribution in [2.75, 3.05) is 20.8 Å². The Morgan fingerprint density at radius 2 is 1.68 bits per heavy atom. The lowest BCUT2D eigenvalue weighted by Crippen LogP contribution is -2.42. The van der Waals surface area contributed by atoms with Gasteiger partial charge in [0.15, 0.2) is 11.5 Å². The number of hydrogen-bond donors (Lipinski definition) is 1. The molecule has 0 aliphatic heterocycles. The van der Waals surface area contributed by atoms with E-state index in [9.17, 15) is 0 Å². The van der Waals surface area contributed by atoms with Crippen LogP contribution in [0.1, 0.15) is 25.0 Å². The van der Waals surface area contributed by atoms with Gasteiger partial charge in [-0.15, -0.1) is 0 Å². The van der Waals surface area contributed by atoms with Gasteiger partial charge in [-0.25, -0.2) is 0 Å². The molecule has 0 heterocycles. The van der Waals surface area contributed by atoms with Crippen molar-refractivity contribution in [3.05, 3.63) is 59.7 Å². The molecule has 0 aliphatic carbocycles. The van der Waals surface area contributed by atoms with Crippen molar-refractivity contribution in [2.24, 2.45) is 11.1 Å². The number of nitrogens with two attached hydrogens (primary N) is 1. The van der Waals surface area contributed by atoms with Crippen LogP contribution in [0.4, 0.5) is 0 Å². The van der Waals surface area contributed by atoms with E-state index in [2.05, 4.69) is 13.8 Å². The second-order valence-corrected chi connectivity index (χ2v) is 6.99. The Morgan fingerprint density at radius 1 is 0.960 bits per heavy atom. The van der Waals surface area contributed by atoms with Gasteiger partial charge in [-0.1, -0.05) is 50.2 Å². The van der Waals surface area contributed by atoms with Crippen molar-refractivity contribution in [2.45, 2.75) is 32.9 Å².